The number of hydrogen-bond acceptors (Lipinski definition) is 3. The van der Waals surface area contributed by atoms with E-state index in [1.807, 2.05) is 63.2 Å². The van der Waals surface area contributed by atoms with Crippen molar-refractivity contribution in [3.8, 4) is 5.75 Å². The molecule has 0 bridgehead atoms. The van der Waals surface area contributed by atoms with E-state index in [-0.39, 0.29) is 18.0 Å². The summed E-state index contributed by atoms with van der Waals surface area (Å²) in [6.45, 7) is 6.51. The molecule has 1 aromatic heterocycles. The van der Waals surface area contributed by atoms with Crippen molar-refractivity contribution in [3.05, 3.63) is 98.5 Å². The van der Waals surface area contributed by atoms with Gasteiger partial charge in [0.1, 0.15) is 5.75 Å². The number of amides is 1. The summed E-state index contributed by atoms with van der Waals surface area (Å²) in [5.41, 5.74) is 4.87. The Bertz CT molecular complexity index is 1050. The SMILES string of the molecule is Cc1cc(C)c(CNC(=O)c2ccc(CCOc3ccccc3C)cc2)c(=O)[nH]1. The van der Waals surface area contributed by atoms with E-state index in [4.69, 9.17) is 4.74 Å². The highest BCUT2D eigenvalue weighted by atomic mass is 16.5. The van der Waals surface area contributed by atoms with E-state index < -0.39 is 0 Å². The normalized spacial score (nSPS) is 10.6. The van der Waals surface area contributed by atoms with Crippen LogP contribution in [0, 0.1) is 20.8 Å². The van der Waals surface area contributed by atoms with Crippen molar-refractivity contribution in [1.29, 1.82) is 0 Å². The molecule has 0 saturated heterocycles. The first-order valence-corrected chi connectivity index (χ1v) is 9.69. The summed E-state index contributed by atoms with van der Waals surface area (Å²) < 4.78 is 5.82. The van der Waals surface area contributed by atoms with Crippen LogP contribution in [0.1, 0.15) is 38.3 Å². The predicted molar refractivity (Wildman–Crippen MR) is 115 cm³/mol. The third kappa shape index (κ3) is 5.35. The van der Waals surface area contributed by atoms with Crippen LogP contribution in [0.25, 0.3) is 0 Å². The van der Waals surface area contributed by atoms with Crippen LogP contribution < -0.4 is 15.6 Å². The molecule has 0 unspecified atom stereocenters. The number of aromatic amines is 1. The molecule has 0 aliphatic heterocycles. The number of hydrogen-bond donors (Lipinski definition) is 2. The molecule has 3 aromatic rings. The first kappa shape index (κ1) is 20.4. The number of aryl methyl sites for hydroxylation is 3. The smallest absolute Gasteiger partial charge is 0.253 e. The van der Waals surface area contributed by atoms with Gasteiger partial charge in [0.2, 0.25) is 0 Å². The lowest BCUT2D eigenvalue weighted by molar-refractivity contribution is 0.0950. The van der Waals surface area contributed by atoms with E-state index in [0.29, 0.717) is 17.7 Å². The molecule has 2 N–H and O–H groups in total. The minimum absolute atomic E-state index is 0.160. The third-order valence-corrected chi connectivity index (χ3v) is 4.88. The first-order valence-electron chi connectivity index (χ1n) is 9.69. The molecule has 0 radical (unpaired) electrons. The standard InChI is InChI=1S/C24H26N2O3/c1-16-6-4-5-7-22(16)29-13-12-19-8-10-20(11-9-19)23(27)25-15-21-17(2)14-18(3)26-24(21)28/h4-11,14H,12-13,15H2,1-3H3,(H,25,27)(H,26,28). The molecule has 0 aliphatic carbocycles. The number of carbonyl (C=O) groups excluding carboxylic acids is 1. The Kier molecular flexibility index (Phi) is 6.50. The molecule has 0 saturated carbocycles. The Morgan fingerprint density at radius 2 is 1.72 bits per heavy atom. The zero-order valence-electron chi connectivity index (χ0n) is 17.0. The van der Waals surface area contributed by atoms with Crippen molar-refractivity contribution in [2.24, 2.45) is 0 Å². The molecule has 0 atom stereocenters. The molecule has 5 nitrogen and oxygen atoms in total. The maximum absolute atomic E-state index is 12.4. The van der Waals surface area contributed by atoms with Crippen LogP contribution in [0.2, 0.25) is 0 Å². The highest BCUT2D eigenvalue weighted by Gasteiger charge is 2.09. The first-order chi connectivity index (χ1) is 13.9. The summed E-state index contributed by atoms with van der Waals surface area (Å²) in [6, 6.07) is 17.3. The highest BCUT2D eigenvalue weighted by Crippen LogP contribution is 2.16. The van der Waals surface area contributed by atoms with Gasteiger partial charge >= 0.3 is 0 Å². The fraction of sp³-hybridized carbons (Fsp3) is 0.250. The lowest BCUT2D eigenvalue weighted by Gasteiger charge is -2.10. The quantitative estimate of drug-likeness (QED) is 0.644. The van der Waals surface area contributed by atoms with E-state index in [0.717, 1.165) is 34.6 Å². The topological polar surface area (TPSA) is 71.2 Å². The van der Waals surface area contributed by atoms with Gasteiger partial charge < -0.3 is 15.0 Å². The maximum Gasteiger partial charge on any atom is 0.253 e. The minimum atomic E-state index is -0.202. The summed E-state index contributed by atoms with van der Waals surface area (Å²) in [5, 5.41) is 2.82. The number of pyridine rings is 1. The Hall–Kier alpha value is -3.34. The van der Waals surface area contributed by atoms with Crippen LogP contribution in [-0.4, -0.2) is 17.5 Å². The molecule has 2 aromatic carbocycles. The second-order valence-corrected chi connectivity index (χ2v) is 7.19. The Morgan fingerprint density at radius 1 is 1.00 bits per heavy atom. The van der Waals surface area contributed by atoms with Gasteiger partial charge in [-0.05, 0) is 61.7 Å². The number of benzene rings is 2. The fourth-order valence-electron chi connectivity index (χ4n) is 3.19. The van der Waals surface area contributed by atoms with Gasteiger partial charge in [-0.25, -0.2) is 0 Å². The molecule has 29 heavy (non-hydrogen) atoms. The number of para-hydroxylation sites is 1. The number of H-pyrrole nitrogens is 1. The minimum Gasteiger partial charge on any atom is -0.493 e. The number of rotatable bonds is 7. The largest absolute Gasteiger partial charge is 0.493 e. The van der Waals surface area contributed by atoms with E-state index in [1.165, 1.54) is 0 Å². The zero-order chi connectivity index (χ0) is 20.8. The van der Waals surface area contributed by atoms with Crippen molar-refractivity contribution >= 4 is 5.91 Å². The van der Waals surface area contributed by atoms with Gasteiger partial charge in [0.05, 0.1) is 6.61 Å². The van der Waals surface area contributed by atoms with Gasteiger partial charge in [0.15, 0.2) is 0 Å². The van der Waals surface area contributed by atoms with E-state index in [1.54, 1.807) is 12.1 Å². The van der Waals surface area contributed by atoms with Gasteiger partial charge in [-0.2, -0.15) is 0 Å². The molecule has 5 heteroatoms. The second-order valence-electron chi connectivity index (χ2n) is 7.19. The average molecular weight is 390 g/mol. The molecule has 1 heterocycles. The van der Waals surface area contributed by atoms with Gasteiger partial charge in [0, 0.05) is 29.8 Å². The van der Waals surface area contributed by atoms with Crippen LogP contribution in [0.3, 0.4) is 0 Å². The summed E-state index contributed by atoms with van der Waals surface area (Å²) >= 11 is 0. The van der Waals surface area contributed by atoms with Crippen molar-refractivity contribution in [3.63, 3.8) is 0 Å². The van der Waals surface area contributed by atoms with Crippen LogP contribution in [0.15, 0.2) is 59.4 Å². The van der Waals surface area contributed by atoms with Gasteiger partial charge in [-0.3, -0.25) is 9.59 Å². The molecule has 3 rings (SSSR count). The average Bonchev–Trinajstić information content (AvgIpc) is 2.69. The number of ether oxygens (including phenoxy) is 1. The molecule has 150 valence electrons. The number of nitrogens with one attached hydrogen (secondary N) is 2. The fourth-order valence-corrected chi connectivity index (χ4v) is 3.19. The van der Waals surface area contributed by atoms with Crippen LogP contribution >= 0.6 is 0 Å². The number of carbonyl (C=O) groups is 1. The van der Waals surface area contributed by atoms with Crippen molar-refractivity contribution in [2.75, 3.05) is 6.61 Å². The molecule has 0 aliphatic rings. The van der Waals surface area contributed by atoms with Crippen molar-refractivity contribution in [2.45, 2.75) is 33.7 Å². The van der Waals surface area contributed by atoms with Crippen LogP contribution in [-0.2, 0) is 13.0 Å². The van der Waals surface area contributed by atoms with Gasteiger partial charge in [-0.1, -0.05) is 30.3 Å². The Morgan fingerprint density at radius 3 is 2.41 bits per heavy atom. The summed E-state index contributed by atoms with van der Waals surface area (Å²) in [4.78, 5) is 27.2. The molecular formula is C24H26N2O3. The van der Waals surface area contributed by atoms with E-state index in [2.05, 4.69) is 10.3 Å². The molecule has 1 amide bonds. The van der Waals surface area contributed by atoms with Crippen molar-refractivity contribution < 1.29 is 9.53 Å². The monoisotopic (exact) mass is 390 g/mol. The lowest BCUT2D eigenvalue weighted by atomic mass is 10.1. The summed E-state index contributed by atoms with van der Waals surface area (Å²) in [6.07, 6.45) is 0.758. The Labute approximate surface area is 170 Å². The second kappa shape index (κ2) is 9.24. The summed E-state index contributed by atoms with van der Waals surface area (Å²) in [5.74, 6) is 0.692. The zero-order valence-corrected chi connectivity index (χ0v) is 17.0. The molecule has 0 spiro atoms. The van der Waals surface area contributed by atoms with Gasteiger partial charge in [0.25, 0.3) is 11.5 Å². The summed E-state index contributed by atoms with van der Waals surface area (Å²) in [7, 11) is 0. The van der Waals surface area contributed by atoms with Crippen molar-refractivity contribution in [1.82, 2.24) is 10.3 Å². The van der Waals surface area contributed by atoms with E-state index in [9.17, 15) is 9.59 Å². The lowest BCUT2D eigenvalue weighted by Crippen LogP contribution is -2.27. The number of aromatic nitrogens is 1. The predicted octanol–water partition coefficient (Wildman–Crippen LogP) is 3.85. The highest BCUT2D eigenvalue weighted by molar-refractivity contribution is 5.94. The Balaban J connectivity index is 1.54. The van der Waals surface area contributed by atoms with Crippen LogP contribution in [0.5, 0.6) is 5.75 Å². The van der Waals surface area contributed by atoms with Crippen LogP contribution in [0.4, 0.5) is 0 Å². The third-order valence-electron chi connectivity index (χ3n) is 4.88. The molecule has 0 fully saturated rings. The van der Waals surface area contributed by atoms with Gasteiger partial charge in [-0.15, -0.1) is 0 Å². The molecular weight excluding hydrogens is 364 g/mol. The maximum atomic E-state index is 12.4. The van der Waals surface area contributed by atoms with E-state index >= 15 is 0 Å².